The Morgan fingerprint density at radius 2 is 1.96 bits per heavy atom. The Kier molecular flexibility index (Phi) is 5.97. The van der Waals surface area contributed by atoms with Gasteiger partial charge in [-0.2, -0.15) is 0 Å². The lowest BCUT2D eigenvalue weighted by Gasteiger charge is -2.15. The van der Waals surface area contributed by atoms with Gasteiger partial charge in [0.2, 0.25) is 5.91 Å². The fourth-order valence-corrected chi connectivity index (χ4v) is 3.30. The highest BCUT2D eigenvalue weighted by atomic mass is 35.5. The summed E-state index contributed by atoms with van der Waals surface area (Å²) in [7, 11) is 1.56. The van der Waals surface area contributed by atoms with Gasteiger partial charge < -0.3 is 10.1 Å². The van der Waals surface area contributed by atoms with Crippen molar-refractivity contribution in [1.82, 2.24) is 0 Å². The Bertz CT molecular complexity index is 718. The van der Waals surface area contributed by atoms with Gasteiger partial charge in [-0.15, -0.1) is 11.8 Å². The lowest BCUT2D eigenvalue weighted by Crippen LogP contribution is -2.22. The zero-order chi connectivity index (χ0) is 17.0. The van der Waals surface area contributed by atoms with E-state index in [1.807, 2.05) is 6.92 Å². The van der Waals surface area contributed by atoms with Crippen LogP contribution in [0.25, 0.3) is 0 Å². The van der Waals surface area contributed by atoms with Crippen molar-refractivity contribution in [3.63, 3.8) is 0 Å². The maximum absolute atomic E-state index is 12.4. The molecule has 0 unspecified atom stereocenters. The van der Waals surface area contributed by atoms with Crippen molar-refractivity contribution < 1.29 is 9.53 Å². The third-order valence-corrected chi connectivity index (χ3v) is 4.94. The van der Waals surface area contributed by atoms with Crippen LogP contribution in [0.4, 0.5) is 5.69 Å². The molecule has 0 heterocycles. The summed E-state index contributed by atoms with van der Waals surface area (Å²) in [6.45, 7) is 6.00. The van der Waals surface area contributed by atoms with Crippen molar-refractivity contribution in [3.8, 4) is 5.75 Å². The molecule has 0 bridgehead atoms. The number of ether oxygens (including phenoxy) is 1. The van der Waals surface area contributed by atoms with Crippen LogP contribution >= 0.6 is 23.4 Å². The number of carbonyl (C=O) groups excluding carboxylic acids is 1. The maximum atomic E-state index is 12.4. The fraction of sp³-hybridized carbons (Fsp3) is 0.278. The Labute approximate surface area is 146 Å². The van der Waals surface area contributed by atoms with Gasteiger partial charge >= 0.3 is 0 Å². The highest BCUT2D eigenvalue weighted by molar-refractivity contribution is 8.00. The van der Waals surface area contributed by atoms with Gasteiger partial charge in [-0.05, 0) is 50.6 Å². The number of carbonyl (C=O) groups is 1. The molecular formula is C18H20ClNO2S. The van der Waals surface area contributed by atoms with Gasteiger partial charge in [0.05, 0.1) is 18.0 Å². The van der Waals surface area contributed by atoms with Crippen LogP contribution in [0, 0.1) is 13.8 Å². The number of rotatable bonds is 5. The Hall–Kier alpha value is -1.65. The summed E-state index contributed by atoms with van der Waals surface area (Å²) in [5.74, 6) is 0.502. The SMILES string of the molecule is COc1ccc(Cl)cc1NC(=O)[C@@H](C)Sc1ccc(C)cc1C. The number of amides is 1. The van der Waals surface area contributed by atoms with Gasteiger partial charge in [-0.25, -0.2) is 0 Å². The maximum Gasteiger partial charge on any atom is 0.237 e. The first-order valence-corrected chi connectivity index (χ1v) is 8.55. The number of hydrogen-bond donors (Lipinski definition) is 1. The quantitative estimate of drug-likeness (QED) is 0.764. The molecule has 3 nitrogen and oxygen atoms in total. The van der Waals surface area contributed by atoms with E-state index in [1.165, 1.54) is 22.9 Å². The number of thioether (sulfide) groups is 1. The fourth-order valence-electron chi connectivity index (χ4n) is 2.19. The van der Waals surface area contributed by atoms with E-state index in [0.717, 1.165) is 4.90 Å². The summed E-state index contributed by atoms with van der Waals surface area (Å²) in [5, 5.41) is 3.20. The van der Waals surface area contributed by atoms with Crippen LogP contribution in [0.5, 0.6) is 5.75 Å². The van der Waals surface area contributed by atoms with Crippen molar-refractivity contribution in [2.24, 2.45) is 0 Å². The molecule has 1 amide bonds. The van der Waals surface area contributed by atoms with Crippen LogP contribution in [-0.4, -0.2) is 18.3 Å². The van der Waals surface area contributed by atoms with Gasteiger partial charge in [0.1, 0.15) is 5.75 Å². The van der Waals surface area contributed by atoms with Crippen molar-refractivity contribution in [1.29, 1.82) is 0 Å². The molecule has 0 saturated heterocycles. The molecule has 1 N–H and O–H groups in total. The number of anilines is 1. The summed E-state index contributed by atoms with van der Waals surface area (Å²) in [6, 6.07) is 11.4. The highest BCUT2D eigenvalue weighted by Crippen LogP contribution is 2.31. The van der Waals surface area contributed by atoms with Gasteiger partial charge in [0.25, 0.3) is 0 Å². The van der Waals surface area contributed by atoms with Gasteiger partial charge in [0.15, 0.2) is 0 Å². The van der Waals surface area contributed by atoms with Crippen molar-refractivity contribution in [3.05, 3.63) is 52.5 Å². The second-order valence-corrected chi connectivity index (χ2v) is 7.18. The first-order valence-electron chi connectivity index (χ1n) is 7.29. The number of methoxy groups -OCH3 is 1. The molecule has 5 heteroatoms. The van der Waals surface area contributed by atoms with E-state index in [0.29, 0.717) is 16.5 Å². The van der Waals surface area contributed by atoms with Crippen molar-refractivity contribution in [2.75, 3.05) is 12.4 Å². The number of aryl methyl sites for hydroxylation is 2. The molecule has 122 valence electrons. The highest BCUT2D eigenvalue weighted by Gasteiger charge is 2.17. The number of halogens is 1. The molecule has 0 aliphatic rings. The standard InChI is InChI=1S/C18H20ClNO2S/c1-11-5-8-17(12(2)9-11)23-13(3)18(21)20-15-10-14(19)6-7-16(15)22-4/h5-10,13H,1-4H3,(H,20,21)/t13-/m1/s1. The number of benzene rings is 2. The van der Waals surface area contributed by atoms with Crippen LogP contribution in [0.15, 0.2) is 41.3 Å². The van der Waals surface area contributed by atoms with Gasteiger partial charge in [0, 0.05) is 9.92 Å². The van der Waals surface area contributed by atoms with E-state index < -0.39 is 0 Å². The molecule has 0 aromatic heterocycles. The molecule has 2 aromatic rings. The Balaban J connectivity index is 2.10. The summed E-state index contributed by atoms with van der Waals surface area (Å²) < 4.78 is 5.25. The summed E-state index contributed by atoms with van der Waals surface area (Å²) in [6.07, 6.45) is 0. The first kappa shape index (κ1) is 17.7. The van der Waals surface area contributed by atoms with Crippen molar-refractivity contribution >= 4 is 35.0 Å². The van der Waals surface area contributed by atoms with E-state index in [9.17, 15) is 4.79 Å². The van der Waals surface area contributed by atoms with Crippen molar-refractivity contribution in [2.45, 2.75) is 30.9 Å². The minimum atomic E-state index is -0.236. The van der Waals surface area contributed by atoms with Gasteiger partial charge in [-0.1, -0.05) is 29.3 Å². The van der Waals surface area contributed by atoms with Crippen LogP contribution in [-0.2, 0) is 4.79 Å². The van der Waals surface area contributed by atoms with Crippen LogP contribution < -0.4 is 10.1 Å². The second kappa shape index (κ2) is 7.75. The molecule has 0 aliphatic heterocycles. The lowest BCUT2D eigenvalue weighted by molar-refractivity contribution is -0.115. The average molecular weight is 350 g/mol. The molecule has 0 radical (unpaired) electrons. The molecule has 2 rings (SSSR count). The molecule has 0 fully saturated rings. The lowest BCUT2D eigenvalue weighted by atomic mass is 10.2. The summed E-state index contributed by atoms with van der Waals surface area (Å²) in [4.78, 5) is 13.6. The van der Waals surface area contributed by atoms with E-state index in [4.69, 9.17) is 16.3 Å². The summed E-state index contributed by atoms with van der Waals surface area (Å²) in [5.41, 5.74) is 2.97. The Morgan fingerprint density at radius 1 is 1.22 bits per heavy atom. The molecule has 1 atom stereocenters. The number of nitrogens with one attached hydrogen (secondary N) is 1. The van der Waals surface area contributed by atoms with E-state index in [2.05, 4.69) is 37.4 Å². The summed E-state index contributed by atoms with van der Waals surface area (Å²) >= 11 is 7.53. The van der Waals surface area contributed by atoms with Crippen LogP contribution in [0.2, 0.25) is 5.02 Å². The molecule has 0 saturated carbocycles. The monoisotopic (exact) mass is 349 g/mol. The van der Waals surface area contributed by atoms with E-state index in [-0.39, 0.29) is 11.2 Å². The van der Waals surface area contributed by atoms with E-state index in [1.54, 1.807) is 25.3 Å². The Morgan fingerprint density at radius 3 is 2.61 bits per heavy atom. The minimum Gasteiger partial charge on any atom is -0.495 e. The number of hydrogen-bond acceptors (Lipinski definition) is 3. The molecular weight excluding hydrogens is 330 g/mol. The predicted octanol–water partition coefficient (Wildman–Crippen LogP) is 5.08. The zero-order valence-electron chi connectivity index (χ0n) is 13.6. The zero-order valence-corrected chi connectivity index (χ0v) is 15.2. The predicted molar refractivity (Wildman–Crippen MR) is 97.9 cm³/mol. The average Bonchev–Trinajstić information content (AvgIpc) is 2.50. The van der Waals surface area contributed by atoms with Crippen LogP contribution in [0.1, 0.15) is 18.1 Å². The molecule has 23 heavy (non-hydrogen) atoms. The second-order valence-electron chi connectivity index (χ2n) is 5.36. The van der Waals surface area contributed by atoms with Gasteiger partial charge in [-0.3, -0.25) is 4.79 Å². The topological polar surface area (TPSA) is 38.3 Å². The third-order valence-electron chi connectivity index (χ3n) is 3.42. The third kappa shape index (κ3) is 4.66. The first-order chi connectivity index (χ1) is 10.9. The largest absolute Gasteiger partial charge is 0.495 e. The van der Waals surface area contributed by atoms with Crippen LogP contribution in [0.3, 0.4) is 0 Å². The minimum absolute atomic E-state index is 0.0875. The molecule has 0 spiro atoms. The molecule has 0 aliphatic carbocycles. The normalized spacial score (nSPS) is 11.9. The van der Waals surface area contributed by atoms with E-state index >= 15 is 0 Å². The molecule has 2 aromatic carbocycles. The smallest absolute Gasteiger partial charge is 0.237 e.